The standard InChI is InChI=1S/C11H16N2O3S.C7H7Cl/c14-11(15)4-9-7-17-10(13-9)3-8-5-12-1-2-16-6-8;1-6-4-2-3-5-7(6)8/h7-8,12H,1-6H2,(H,14,15);2-5H,1H3. The fourth-order valence-electron chi connectivity index (χ4n) is 2.37. The van der Waals surface area contributed by atoms with Gasteiger partial charge in [0.15, 0.2) is 0 Å². The predicted molar refractivity (Wildman–Crippen MR) is 101 cm³/mol. The Balaban J connectivity index is 0.000000236. The molecule has 2 aromatic rings. The van der Waals surface area contributed by atoms with E-state index in [9.17, 15) is 4.79 Å². The highest BCUT2D eigenvalue weighted by atomic mass is 35.5. The number of halogens is 1. The summed E-state index contributed by atoms with van der Waals surface area (Å²) in [6, 6.07) is 7.77. The molecule has 1 aliphatic heterocycles. The number of hydrogen-bond donors (Lipinski definition) is 2. The highest BCUT2D eigenvalue weighted by Crippen LogP contribution is 2.16. The molecule has 1 fully saturated rings. The van der Waals surface area contributed by atoms with E-state index < -0.39 is 5.97 Å². The molecule has 0 radical (unpaired) electrons. The van der Waals surface area contributed by atoms with Crippen LogP contribution in [0.2, 0.25) is 5.02 Å². The number of aliphatic carboxylic acids is 1. The Labute approximate surface area is 157 Å². The summed E-state index contributed by atoms with van der Waals surface area (Å²) >= 11 is 7.24. The second-order valence-corrected chi connectivity index (χ2v) is 7.25. The molecule has 0 saturated carbocycles. The molecule has 1 saturated heterocycles. The van der Waals surface area contributed by atoms with Gasteiger partial charge < -0.3 is 15.2 Å². The van der Waals surface area contributed by atoms with Gasteiger partial charge in [-0.25, -0.2) is 4.98 Å². The van der Waals surface area contributed by atoms with Gasteiger partial charge in [0, 0.05) is 35.8 Å². The minimum atomic E-state index is -0.832. The summed E-state index contributed by atoms with van der Waals surface area (Å²) in [5.41, 5.74) is 1.79. The molecule has 25 heavy (non-hydrogen) atoms. The minimum absolute atomic E-state index is 0.00984. The number of nitrogens with zero attached hydrogens (tertiary/aromatic N) is 1. The van der Waals surface area contributed by atoms with Crippen molar-refractivity contribution in [1.82, 2.24) is 10.3 Å². The number of ether oxygens (including phenoxy) is 1. The highest BCUT2D eigenvalue weighted by Gasteiger charge is 2.15. The Morgan fingerprint density at radius 1 is 1.48 bits per heavy atom. The van der Waals surface area contributed by atoms with Crippen LogP contribution in [0.4, 0.5) is 0 Å². The molecule has 136 valence electrons. The minimum Gasteiger partial charge on any atom is -0.481 e. The van der Waals surface area contributed by atoms with Crippen molar-refractivity contribution in [1.29, 1.82) is 0 Å². The maximum atomic E-state index is 10.5. The number of rotatable bonds is 4. The van der Waals surface area contributed by atoms with E-state index in [0.29, 0.717) is 11.6 Å². The van der Waals surface area contributed by atoms with Crippen molar-refractivity contribution in [3.63, 3.8) is 0 Å². The number of benzene rings is 1. The van der Waals surface area contributed by atoms with Crippen LogP contribution in [0.1, 0.15) is 16.3 Å². The smallest absolute Gasteiger partial charge is 0.309 e. The maximum Gasteiger partial charge on any atom is 0.309 e. The molecule has 0 bridgehead atoms. The van der Waals surface area contributed by atoms with E-state index in [4.69, 9.17) is 21.4 Å². The van der Waals surface area contributed by atoms with E-state index in [0.717, 1.165) is 48.3 Å². The summed E-state index contributed by atoms with van der Waals surface area (Å²) in [4.78, 5) is 14.9. The zero-order valence-corrected chi connectivity index (χ0v) is 15.8. The molecule has 1 aliphatic rings. The number of nitrogens with one attached hydrogen (secondary N) is 1. The Morgan fingerprint density at radius 2 is 2.28 bits per heavy atom. The molecule has 1 atom stereocenters. The molecule has 0 spiro atoms. The van der Waals surface area contributed by atoms with Crippen molar-refractivity contribution < 1.29 is 14.6 Å². The third-order valence-electron chi connectivity index (χ3n) is 3.68. The number of thiazole rings is 1. The van der Waals surface area contributed by atoms with E-state index in [2.05, 4.69) is 10.3 Å². The Hall–Kier alpha value is -1.47. The summed E-state index contributed by atoms with van der Waals surface area (Å²) < 4.78 is 5.47. The largest absolute Gasteiger partial charge is 0.481 e. The quantitative estimate of drug-likeness (QED) is 0.849. The molecule has 2 N–H and O–H groups in total. The summed E-state index contributed by atoms with van der Waals surface area (Å²) in [6.45, 7) is 5.34. The van der Waals surface area contributed by atoms with Crippen LogP contribution in [0.5, 0.6) is 0 Å². The number of hydrogen-bond acceptors (Lipinski definition) is 5. The third kappa shape index (κ3) is 7.52. The number of aryl methyl sites for hydroxylation is 1. The Kier molecular flexibility index (Phi) is 8.34. The number of carbonyl (C=O) groups is 1. The predicted octanol–water partition coefficient (Wildman–Crippen LogP) is 3.20. The Morgan fingerprint density at radius 3 is 2.96 bits per heavy atom. The lowest BCUT2D eigenvalue weighted by Crippen LogP contribution is -2.24. The molecular formula is C18H23ClN2O3S. The number of carboxylic acid groups (broad SMARTS) is 1. The molecule has 5 nitrogen and oxygen atoms in total. The second kappa shape index (κ2) is 10.5. The van der Waals surface area contributed by atoms with Crippen LogP contribution in [0.15, 0.2) is 29.6 Å². The van der Waals surface area contributed by atoms with Gasteiger partial charge >= 0.3 is 5.97 Å². The van der Waals surface area contributed by atoms with Crippen molar-refractivity contribution in [2.24, 2.45) is 5.92 Å². The van der Waals surface area contributed by atoms with Crippen molar-refractivity contribution in [2.75, 3.05) is 26.3 Å². The lowest BCUT2D eigenvalue weighted by atomic mass is 10.1. The first-order valence-electron chi connectivity index (χ1n) is 8.19. The topological polar surface area (TPSA) is 71.5 Å². The maximum absolute atomic E-state index is 10.5. The Bertz CT molecular complexity index is 649. The first-order chi connectivity index (χ1) is 12.0. The molecular weight excluding hydrogens is 360 g/mol. The number of aromatic nitrogens is 1. The van der Waals surface area contributed by atoms with Crippen molar-refractivity contribution in [2.45, 2.75) is 19.8 Å². The zero-order valence-electron chi connectivity index (χ0n) is 14.2. The fraction of sp³-hybridized carbons (Fsp3) is 0.444. The van der Waals surface area contributed by atoms with Crippen molar-refractivity contribution in [3.05, 3.63) is 50.9 Å². The molecule has 2 heterocycles. The first kappa shape index (κ1) is 19.8. The second-order valence-electron chi connectivity index (χ2n) is 5.90. The highest BCUT2D eigenvalue weighted by molar-refractivity contribution is 7.09. The van der Waals surface area contributed by atoms with E-state index in [1.807, 2.05) is 36.6 Å². The molecule has 3 rings (SSSR count). The van der Waals surface area contributed by atoms with Crippen molar-refractivity contribution in [3.8, 4) is 0 Å². The normalized spacial score (nSPS) is 17.3. The first-order valence-corrected chi connectivity index (χ1v) is 9.45. The van der Waals surface area contributed by atoms with Gasteiger partial charge in [-0.3, -0.25) is 4.79 Å². The summed E-state index contributed by atoms with van der Waals surface area (Å²) in [7, 11) is 0. The average molecular weight is 383 g/mol. The summed E-state index contributed by atoms with van der Waals surface area (Å²) in [5, 5.41) is 15.7. The van der Waals surface area contributed by atoms with Crippen LogP contribution in [0.25, 0.3) is 0 Å². The van der Waals surface area contributed by atoms with Crippen LogP contribution in [-0.4, -0.2) is 42.4 Å². The molecule has 7 heteroatoms. The fourth-order valence-corrected chi connectivity index (χ4v) is 3.41. The monoisotopic (exact) mass is 382 g/mol. The van der Waals surface area contributed by atoms with Gasteiger partial charge in [0.2, 0.25) is 0 Å². The van der Waals surface area contributed by atoms with Crippen molar-refractivity contribution >= 4 is 28.9 Å². The summed E-state index contributed by atoms with van der Waals surface area (Å²) in [6.07, 6.45) is 0.868. The lowest BCUT2D eigenvalue weighted by Gasteiger charge is -2.11. The molecule has 1 aromatic carbocycles. The van der Waals surface area contributed by atoms with Gasteiger partial charge in [-0.15, -0.1) is 11.3 Å². The van der Waals surface area contributed by atoms with Gasteiger partial charge in [-0.2, -0.15) is 0 Å². The van der Waals surface area contributed by atoms with Gasteiger partial charge in [-0.1, -0.05) is 29.8 Å². The molecule has 0 amide bonds. The molecule has 1 unspecified atom stereocenters. The molecule has 1 aromatic heterocycles. The third-order valence-corrected chi connectivity index (χ3v) is 5.03. The van der Waals surface area contributed by atoms with Gasteiger partial charge in [-0.05, 0) is 18.6 Å². The van der Waals surface area contributed by atoms with Crippen LogP contribution in [0, 0.1) is 12.8 Å². The van der Waals surface area contributed by atoms with Gasteiger partial charge in [0.1, 0.15) is 0 Å². The molecule has 0 aliphatic carbocycles. The SMILES string of the molecule is Cc1ccccc1Cl.O=C(O)Cc1csc(CC2CNCCOC2)n1. The van der Waals surface area contributed by atoms with Crippen LogP contribution >= 0.6 is 22.9 Å². The average Bonchev–Trinajstić information content (AvgIpc) is 2.83. The van der Waals surface area contributed by atoms with E-state index in [1.165, 1.54) is 11.3 Å². The van der Waals surface area contributed by atoms with Crippen LogP contribution in [-0.2, 0) is 22.4 Å². The number of carboxylic acids is 1. The van der Waals surface area contributed by atoms with E-state index >= 15 is 0 Å². The summed E-state index contributed by atoms with van der Waals surface area (Å²) in [5.74, 6) is -0.400. The zero-order chi connectivity index (χ0) is 18.1. The lowest BCUT2D eigenvalue weighted by molar-refractivity contribution is -0.136. The van der Waals surface area contributed by atoms with Gasteiger partial charge in [0.25, 0.3) is 0 Å². The van der Waals surface area contributed by atoms with Gasteiger partial charge in [0.05, 0.1) is 30.3 Å². The van der Waals surface area contributed by atoms with Crippen LogP contribution < -0.4 is 5.32 Å². The van der Waals surface area contributed by atoms with E-state index in [-0.39, 0.29) is 6.42 Å². The van der Waals surface area contributed by atoms with E-state index in [1.54, 1.807) is 0 Å². The van der Waals surface area contributed by atoms with Crippen LogP contribution in [0.3, 0.4) is 0 Å².